The second kappa shape index (κ2) is 5.52. The largest absolute Gasteiger partial charge is 0.377 e. The average molecular weight is 160 g/mol. The maximum absolute atomic E-state index is 9.26. The van der Waals surface area contributed by atoms with Gasteiger partial charge in [0.1, 0.15) is 6.23 Å². The molecule has 68 valence electrons. The van der Waals surface area contributed by atoms with E-state index in [1.807, 2.05) is 0 Å². The number of nitrogens with zero attached hydrogens (tertiary/aromatic N) is 1. The molecule has 3 heteroatoms. The normalized spacial score (nSPS) is 14.5. The third-order valence-electron chi connectivity index (χ3n) is 1.88. The number of hydrogen-bond donors (Lipinski definition) is 2. The second-order valence-electron chi connectivity index (χ2n) is 2.99. The highest BCUT2D eigenvalue weighted by Crippen LogP contribution is 1.97. The molecule has 0 aliphatic carbocycles. The van der Waals surface area contributed by atoms with Gasteiger partial charge in [0.25, 0.3) is 0 Å². The molecule has 0 spiro atoms. The third kappa shape index (κ3) is 4.35. The fourth-order valence-electron chi connectivity index (χ4n) is 1.02. The maximum atomic E-state index is 9.26. The van der Waals surface area contributed by atoms with E-state index >= 15 is 0 Å². The van der Waals surface area contributed by atoms with E-state index in [0.717, 1.165) is 6.54 Å². The molecule has 0 aromatic rings. The van der Waals surface area contributed by atoms with Crippen LogP contribution in [0.2, 0.25) is 0 Å². The highest BCUT2D eigenvalue weighted by atomic mass is 16.3. The Morgan fingerprint density at radius 1 is 1.45 bits per heavy atom. The minimum absolute atomic E-state index is 0.405. The van der Waals surface area contributed by atoms with Gasteiger partial charge in [-0.15, -0.1) is 0 Å². The van der Waals surface area contributed by atoms with Gasteiger partial charge in [0.2, 0.25) is 0 Å². The SMILES string of the molecule is CCN(CC(O)NC)C(C)C. The molecule has 0 saturated carbocycles. The lowest BCUT2D eigenvalue weighted by atomic mass is 10.3. The molecule has 0 aromatic carbocycles. The van der Waals surface area contributed by atoms with E-state index in [9.17, 15) is 5.11 Å². The van der Waals surface area contributed by atoms with Gasteiger partial charge in [0.15, 0.2) is 0 Å². The molecule has 3 nitrogen and oxygen atoms in total. The topological polar surface area (TPSA) is 35.5 Å². The molecule has 0 radical (unpaired) electrons. The predicted molar refractivity (Wildman–Crippen MR) is 47.4 cm³/mol. The molecule has 1 atom stereocenters. The summed E-state index contributed by atoms with van der Waals surface area (Å²) in [5, 5.41) is 12.1. The van der Waals surface area contributed by atoms with Crippen LogP contribution in [0.25, 0.3) is 0 Å². The quantitative estimate of drug-likeness (QED) is 0.566. The first-order chi connectivity index (χ1) is 5.11. The first-order valence-electron chi connectivity index (χ1n) is 4.21. The molecule has 2 N–H and O–H groups in total. The highest BCUT2D eigenvalue weighted by Gasteiger charge is 2.10. The average Bonchev–Trinajstić information content (AvgIpc) is 1.99. The van der Waals surface area contributed by atoms with Crippen molar-refractivity contribution in [3.63, 3.8) is 0 Å². The van der Waals surface area contributed by atoms with Crippen molar-refractivity contribution in [2.45, 2.75) is 33.0 Å². The van der Waals surface area contributed by atoms with E-state index in [1.54, 1.807) is 7.05 Å². The van der Waals surface area contributed by atoms with E-state index in [-0.39, 0.29) is 0 Å². The van der Waals surface area contributed by atoms with Crippen molar-refractivity contribution in [2.24, 2.45) is 0 Å². The Morgan fingerprint density at radius 2 is 2.00 bits per heavy atom. The third-order valence-corrected chi connectivity index (χ3v) is 1.88. The zero-order valence-electron chi connectivity index (χ0n) is 7.96. The minimum atomic E-state index is -0.405. The Balaban J connectivity index is 3.68. The molecule has 0 aliphatic rings. The smallest absolute Gasteiger partial charge is 0.117 e. The zero-order chi connectivity index (χ0) is 8.85. The number of aliphatic hydroxyl groups excluding tert-OH is 1. The molecule has 0 heterocycles. The molecule has 11 heavy (non-hydrogen) atoms. The van der Waals surface area contributed by atoms with E-state index in [4.69, 9.17) is 0 Å². The van der Waals surface area contributed by atoms with Crippen molar-refractivity contribution in [1.29, 1.82) is 0 Å². The van der Waals surface area contributed by atoms with E-state index in [1.165, 1.54) is 0 Å². The van der Waals surface area contributed by atoms with Crippen molar-refractivity contribution >= 4 is 0 Å². The summed E-state index contributed by atoms with van der Waals surface area (Å²) in [6, 6.07) is 0.503. The van der Waals surface area contributed by atoms with Gasteiger partial charge in [-0.2, -0.15) is 0 Å². The number of likely N-dealkylation sites (N-methyl/N-ethyl adjacent to an activating group) is 2. The second-order valence-corrected chi connectivity index (χ2v) is 2.99. The van der Waals surface area contributed by atoms with Crippen molar-refractivity contribution in [1.82, 2.24) is 10.2 Å². The van der Waals surface area contributed by atoms with Gasteiger partial charge in [0, 0.05) is 12.6 Å². The van der Waals surface area contributed by atoms with Crippen LogP contribution in [0.15, 0.2) is 0 Å². The summed E-state index contributed by atoms with van der Waals surface area (Å²) in [5.74, 6) is 0. The molecular weight excluding hydrogens is 140 g/mol. The first-order valence-corrected chi connectivity index (χ1v) is 4.21. The summed E-state index contributed by atoms with van der Waals surface area (Å²) in [4.78, 5) is 2.21. The summed E-state index contributed by atoms with van der Waals surface area (Å²) >= 11 is 0. The van der Waals surface area contributed by atoms with Gasteiger partial charge in [-0.05, 0) is 27.4 Å². The van der Waals surface area contributed by atoms with E-state index in [0.29, 0.717) is 12.6 Å². The molecule has 0 saturated heterocycles. The van der Waals surface area contributed by atoms with Gasteiger partial charge in [-0.1, -0.05) is 6.92 Å². The maximum Gasteiger partial charge on any atom is 0.117 e. The molecule has 0 fully saturated rings. The standard InChI is InChI=1S/C8H20N2O/c1-5-10(7(2)3)6-8(11)9-4/h7-9,11H,5-6H2,1-4H3. The summed E-state index contributed by atoms with van der Waals surface area (Å²) < 4.78 is 0. The molecular formula is C8H20N2O. The Morgan fingerprint density at radius 3 is 2.27 bits per heavy atom. The van der Waals surface area contributed by atoms with Crippen molar-refractivity contribution in [2.75, 3.05) is 20.1 Å². The van der Waals surface area contributed by atoms with Gasteiger partial charge in [-0.25, -0.2) is 0 Å². The van der Waals surface area contributed by atoms with Crippen LogP contribution in [0.4, 0.5) is 0 Å². The lowest BCUT2D eigenvalue weighted by molar-refractivity contribution is 0.0802. The summed E-state index contributed by atoms with van der Waals surface area (Å²) in [6.45, 7) is 8.04. The van der Waals surface area contributed by atoms with Gasteiger partial charge < -0.3 is 5.11 Å². The molecule has 0 bridgehead atoms. The van der Waals surface area contributed by atoms with Crippen molar-refractivity contribution in [3.05, 3.63) is 0 Å². The molecule has 0 aromatic heterocycles. The molecule has 0 rings (SSSR count). The Hall–Kier alpha value is -0.120. The van der Waals surface area contributed by atoms with Crippen LogP contribution in [-0.4, -0.2) is 42.4 Å². The van der Waals surface area contributed by atoms with Gasteiger partial charge in [-0.3, -0.25) is 10.2 Å². The Kier molecular flexibility index (Phi) is 5.46. The summed E-state index contributed by atoms with van der Waals surface area (Å²) in [5.41, 5.74) is 0. The predicted octanol–water partition coefficient (Wildman–Crippen LogP) is 0.254. The number of rotatable bonds is 5. The fraction of sp³-hybridized carbons (Fsp3) is 1.00. The van der Waals surface area contributed by atoms with Crippen LogP contribution in [0.1, 0.15) is 20.8 Å². The molecule has 0 amide bonds. The zero-order valence-corrected chi connectivity index (χ0v) is 7.96. The van der Waals surface area contributed by atoms with Crippen molar-refractivity contribution in [3.8, 4) is 0 Å². The van der Waals surface area contributed by atoms with Crippen LogP contribution in [0.5, 0.6) is 0 Å². The van der Waals surface area contributed by atoms with Crippen LogP contribution in [-0.2, 0) is 0 Å². The van der Waals surface area contributed by atoms with E-state index in [2.05, 4.69) is 31.0 Å². The van der Waals surface area contributed by atoms with Gasteiger partial charge in [0.05, 0.1) is 0 Å². The minimum Gasteiger partial charge on any atom is -0.377 e. The monoisotopic (exact) mass is 160 g/mol. The fourth-order valence-corrected chi connectivity index (χ4v) is 1.02. The van der Waals surface area contributed by atoms with Crippen LogP contribution >= 0.6 is 0 Å². The lowest BCUT2D eigenvalue weighted by Gasteiger charge is -2.26. The Labute approximate surface area is 69.4 Å². The highest BCUT2D eigenvalue weighted by molar-refractivity contribution is 4.63. The van der Waals surface area contributed by atoms with Crippen molar-refractivity contribution < 1.29 is 5.11 Å². The van der Waals surface area contributed by atoms with E-state index < -0.39 is 6.23 Å². The van der Waals surface area contributed by atoms with Crippen LogP contribution in [0, 0.1) is 0 Å². The molecule has 0 aliphatic heterocycles. The number of hydrogen-bond acceptors (Lipinski definition) is 3. The van der Waals surface area contributed by atoms with Crippen LogP contribution in [0.3, 0.4) is 0 Å². The van der Waals surface area contributed by atoms with Crippen LogP contribution < -0.4 is 5.32 Å². The van der Waals surface area contributed by atoms with Gasteiger partial charge >= 0.3 is 0 Å². The lowest BCUT2D eigenvalue weighted by Crippen LogP contribution is -2.42. The number of nitrogens with one attached hydrogen (secondary N) is 1. The number of aliphatic hydroxyl groups is 1. The molecule has 1 unspecified atom stereocenters. The summed E-state index contributed by atoms with van der Waals surface area (Å²) in [7, 11) is 1.76. The summed E-state index contributed by atoms with van der Waals surface area (Å²) in [6.07, 6.45) is -0.405. The first kappa shape index (κ1) is 10.9. The Bertz CT molecular complexity index is 96.1.